The molecule has 7 nitrogen and oxygen atoms in total. The normalized spacial score (nSPS) is 15.8. The number of aliphatic imine (C=N–C) groups is 1. The Morgan fingerprint density at radius 1 is 1.26 bits per heavy atom. The molecule has 9 heteroatoms. The number of guanidine groups is 1. The Labute approximate surface area is 126 Å². The number of rotatable bonds is 6. The van der Waals surface area contributed by atoms with Crippen molar-refractivity contribution in [3.63, 3.8) is 0 Å². The van der Waals surface area contributed by atoms with Crippen LogP contribution in [0.3, 0.4) is 0 Å². The summed E-state index contributed by atoms with van der Waals surface area (Å²) in [7, 11) is 0. The van der Waals surface area contributed by atoms with E-state index in [1.807, 2.05) is 5.01 Å². The summed E-state index contributed by atoms with van der Waals surface area (Å²) in [4.78, 5) is 15.5. The molecule has 0 aliphatic carbocycles. The van der Waals surface area contributed by atoms with Crippen molar-refractivity contribution in [1.29, 1.82) is 0 Å². The first-order chi connectivity index (χ1) is 8.09. The van der Waals surface area contributed by atoms with E-state index in [4.69, 9.17) is 17.2 Å². The van der Waals surface area contributed by atoms with Gasteiger partial charge in [-0.3, -0.25) is 15.2 Å². The first-order valence-electron chi connectivity index (χ1n) is 5.96. The Hall–Kier alpha value is -0.760. The highest BCUT2D eigenvalue weighted by Crippen LogP contribution is 2.04. The first-order valence-corrected chi connectivity index (χ1v) is 5.96. The van der Waals surface area contributed by atoms with E-state index < -0.39 is 6.04 Å². The zero-order valence-corrected chi connectivity index (χ0v) is 12.5. The third-order valence-electron chi connectivity index (χ3n) is 2.68. The number of nitrogens with one attached hydrogen (secondary N) is 1. The number of carbonyl (C=O) groups excluding carboxylic acids is 1. The number of hydrogen-bond donors (Lipinski definition) is 4. The largest absolute Gasteiger partial charge is 0.370 e. The van der Waals surface area contributed by atoms with Gasteiger partial charge >= 0.3 is 0 Å². The maximum absolute atomic E-state index is 11.7. The minimum Gasteiger partial charge on any atom is -0.370 e. The highest BCUT2D eigenvalue weighted by molar-refractivity contribution is 5.85. The molecule has 0 unspecified atom stereocenters. The van der Waals surface area contributed by atoms with Crippen LogP contribution in [0.25, 0.3) is 0 Å². The van der Waals surface area contributed by atoms with Gasteiger partial charge < -0.3 is 17.2 Å². The van der Waals surface area contributed by atoms with Gasteiger partial charge in [-0.15, -0.1) is 24.8 Å². The number of hydrogen-bond acceptors (Lipinski definition) is 4. The van der Waals surface area contributed by atoms with Gasteiger partial charge in [-0.25, -0.2) is 5.01 Å². The molecule has 1 aliphatic heterocycles. The molecule has 1 heterocycles. The monoisotopic (exact) mass is 314 g/mol. The zero-order chi connectivity index (χ0) is 12.7. The van der Waals surface area contributed by atoms with E-state index in [0.717, 1.165) is 25.9 Å². The van der Waals surface area contributed by atoms with Crippen molar-refractivity contribution < 1.29 is 4.79 Å². The molecule has 1 saturated heterocycles. The molecule has 0 spiro atoms. The van der Waals surface area contributed by atoms with E-state index >= 15 is 0 Å². The third kappa shape index (κ3) is 8.88. The Bertz CT molecular complexity index is 279. The number of nitrogens with two attached hydrogens (primary N) is 3. The lowest BCUT2D eigenvalue weighted by molar-refractivity contribution is -0.126. The predicted molar refractivity (Wildman–Crippen MR) is 81.3 cm³/mol. The van der Waals surface area contributed by atoms with Gasteiger partial charge in [0.25, 0.3) is 5.91 Å². The fraction of sp³-hybridized carbons (Fsp3) is 0.800. The Kier molecular flexibility index (Phi) is 12.0. The van der Waals surface area contributed by atoms with E-state index in [1.54, 1.807) is 0 Å². The molecule has 0 aromatic heterocycles. The lowest BCUT2D eigenvalue weighted by Crippen LogP contribution is -2.48. The highest BCUT2D eigenvalue weighted by atomic mass is 35.5. The van der Waals surface area contributed by atoms with Crippen LogP contribution < -0.4 is 22.6 Å². The van der Waals surface area contributed by atoms with E-state index in [2.05, 4.69) is 10.4 Å². The highest BCUT2D eigenvalue weighted by Gasteiger charge is 2.18. The molecule has 1 aliphatic rings. The second kappa shape index (κ2) is 11.1. The number of amides is 1. The van der Waals surface area contributed by atoms with Crippen LogP contribution in [0, 0.1) is 0 Å². The van der Waals surface area contributed by atoms with Crippen molar-refractivity contribution >= 4 is 36.7 Å². The molecule has 7 N–H and O–H groups in total. The van der Waals surface area contributed by atoms with Gasteiger partial charge in [0.15, 0.2) is 5.96 Å². The lowest BCUT2D eigenvalue weighted by atomic mass is 10.1. The van der Waals surface area contributed by atoms with Gasteiger partial charge in [-0.2, -0.15) is 0 Å². The van der Waals surface area contributed by atoms with E-state index in [-0.39, 0.29) is 36.7 Å². The van der Waals surface area contributed by atoms with Crippen molar-refractivity contribution in [1.82, 2.24) is 10.4 Å². The van der Waals surface area contributed by atoms with Gasteiger partial charge in [0.05, 0.1) is 6.04 Å². The van der Waals surface area contributed by atoms with Gasteiger partial charge in [0, 0.05) is 19.6 Å². The summed E-state index contributed by atoms with van der Waals surface area (Å²) in [5.41, 5.74) is 19.0. The van der Waals surface area contributed by atoms with Crippen molar-refractivity contribution in [3.8, 4) is 0 Å². The topological polar surface area (TPSA) is 123 Å². The summed E-state index contributed by atoms with van der Waals surface area (Å²) in [6, 6.07) is -0.496. The SMILES string of the molecule is Cl.Cl.NC(N)=NCCC[C@H](N)C(=O)NN1CCCC1. The fourth-order valence-electron chi connectivity index (χ4n) is 1.72. The van der Waals surface area contributed by atoms with Gasteiger partial charge in [0.2, 0.25) is 0 Å². The summed E-state index contributed by atoms with van der Waals surface area (Å²) in [5.74, 6) is -0.0586. The summed E-state index contributed by atoms with van der Waals surface area (Å²) < 4.78 is 0. The Morgan fingerprint density at radius 2 is 1.84 bits per heavy atom. The van der Waals surface area contributed by atoms with Crippen molar-refractivity contribution in [2.24, 2.45) is 22.2 Å². The second-order valence-corrected chi connectivity index (χ2v) is 4.23. The molecule has 0 aromatic carbocycles. The average Bonchev–Trinajstić information content (AvgIpc) is 2.76. The minimum absolute atomic E-state index is 0. The molecule has 0 saturated carbocycles. The van der Waals surface area contributed by atoms with Crippen molar-refractivity contribution in [2.75, 3.05) is 19.6 Å². The van der Waals surface area contributed by atoms with Crippen LogP contribution in [0.4, 0.5) is 0 Å². The molecular weight excluding hydrogens is 291 g/mol. The molecule has 1 amide bonds. The molecule has 0 aromatic rings. The molecule has 0 radical (unpaired) electrons. The van der Waals surface area contributed by atoms with Gasteiger partial charge in [-0.1, -0.05) is 0 Å². The van der Waals surface area contributed by atoms with Crippen LogP contribution in [0.1, 0.15) is 25.7 Å². The van der Waals surface area contributed by atoms with E-state index in [0.29, 0.717) is 19.4 Å². The van der Waals surface area contributed by atoms with Crippen LogP contribution in [-0.4, -0.2) is 42.6 Å². The van der Waals surface area contributed by atoms with E-state index in [1.165, 1.54) is 0 Å². The van der Waals surface area contributed by atoms with Gasteiger partial charge in [0.1, 0.15) is 0 Å². The Morgan fingerprint density at radius 3 is 2.37 bits per heavy atom. The van der Waals surface area contributed by atoms with Crippen LogP contribution >= 0.6 is 24.8 Å². The minimum atomic E-state index is -0.496. The van der Waals surface area contributed by atoms with Crippen LogP contribution in [0.2, 0.25) is 0 Å². The quantitative estimate of drug-likeness (QED) is 0.294. The fourth-order valence-corrected chi connectivity index (χ4v) is 1.72. The van der Waals surface area contributed by atoms with Crippen LogP contribution in [0.15, 0.2) is 4.99 Å². The van der Waals surface area contributed by atoms with Gasteiger partial charge in [-0.05, 0) is 25.7 Å². The molecule has 0 bridgehead atoms. The van der Waals surface area contributed by atoms with E-state index in [9.17, 15) is 4.79 Å². The number of carbonyl (C=O) groups is 1. The number of halogens is 2. The zero-order valence-electron chi connectivity index (χ0n) is 10.9. The maximum Gasteiger partial charge on any atom is 0.251 e. The lowest BCUT2D eigenvalue weighted by Gasteiger charge is -2.19. The summed E-state index contributed by atoms with van der Waals surface area (Å²) in [6.45, 7) is 2.33. The van der Waals surface area contributed by atoms with Crippen molar-refractivity contribution in [2.45, 2.75) is 31.7 Å². The molecule has 114 valence electrons. The number of nitrogens with zero attached hydrogens (tertiary/aromatic N) is 2. The first kappa shape index (κ1) is 20.6. The second-order valence-electron chi connectivity index (χ2n) is 4.23. The molecule has 1 rings (SSSR count). The molecular formula is C10H24Cl2N6O. The predicted octanol–water partition coefficient (Wildman–Crippen LogP) is -0.662. The Balaban J connectivity index is 0. The molecule has 19 heavy (non-hydrogen) atoms. The van der Waals surface area contributed by atoms with Crippen LogP contribution in [-0.2, 0) is 4.79 Å². The average molecular weight is 315 g/mol. The van der Waals surface area contributed by atoms with Crippen LogP contribution in [0.5, 0.6) is 0 Å². The summed E-state index contributed by atoms with van der Waals surface area (Å²) in [5, 5.41) is 1.91. The summed E-state index contributed by atoms with van der Waals surface area (Å²) >= 11 is 0. The standard InChI is InChI=1S/C10H22N6O.2ClH/c11-8(4-3-5-14-10(12)13)9(17)15-16-6-1-2-7-16;;/h8H,1-7,11H2,(H,15,17)(H4,12,13,14);2*1H/t8-;;/m0../s1. The molecule has 1 atom stereocenters. The number of hydrazine groups is 1. The third-order valence-corrected chi connectivity index (χ3v) is 2.68. The maximum atomic E-state index is 11.7. The van der Waals surface area contributed by atoms with Crippen molar-refractivity contribution in [3.05, 3.63) is 0 Å². The summed E-state index contributed by atoms with van der Waals surface area (Å²) in [6.07, 6.45) is 3.53. The molecule has 1 fully saturated rings. The smallest absolute Gasteiger partial charge is 0.251 e.